The lowest BCUT2D eigenvalue weighted by Crippen LogP contribution is -2.30. The molecule has 5 nitrogen and oxygen atoms in total. The Hall–Kier alpha value is -1.88. The van der Waals surface area contributed by atoms with E-state index in [4.69, 9.17) is 11.6 Å². The topological polar surface area (TPSA) is 63.7 Å². The molecule has 1 aromatic carbocycles. The quantitative estimate of drug-likeness (QED) is 0.608. The SMILES string of the molecule is COC(=O)c1ccc2c(c1)N(CC(=O)Cl)C(=O)C2. The first-order chi connectivity index (χ1) is 8.52. The average molecular weight is 268 g/mol. The lowest BCUT2D eigenvalue weighted by molar-refractivity contribution is -0.119. The van der Waals surface area contributed by atoms with E-state index in [0.717, 1.165) is 5.56 Å². The molecule has 0 aliphatic carbocycles. The van der Waals surface area contributed by atoms with Crippen LogP contribution in [0.3, 0.4) is 0 Å². The van der Waals surface area contributed by atoms with Crippen LogP contribution in [0.25, 0.3) is 0 Å². The van der Waals surface area contributed by atoms with Crippen molar-refractivity contribution in [3.63, 3.8) is 0 Å². The van der Waals surface area contributed by atoms with Gasteiger partial charge in [-0.1, -0.05) is 6.07 Å². The fourth-order valence-electron chi connectivity index (χ4n) is 1.90. The van der Waals surface area contributed by atoms with Crippen LogP contribution in [-0.2, 0) is 20.7 Å². The molecular formula is C12H10ClNO4. The van der Waals surface area contributed by atoms with Gasteiger partial charge in [0.25, 0.3) is 0 Å². The summed E-state index contributed by atoms with van der Waals surface area (Å²) in [6.45, 7) is -0.196. The Balaban J connectivity index is 2.39. The van der Waals surface area contributed by atoms with Gasteiger partial charge >= 0.3 is 5.97 Å². The Labute approximate surface area is 108 Å². The molecule has 0 saturated carbocycles. The van der Waals surface area contributed by atoms with Gasteiger partial charge in [-0.3, -0.25) is 9.59 Å². The van der Waals surface area contributed by atoms with E-state index in [0.29, 0.717) is 11.3 Å². The summed E-state index contributed by atoms with van der Waals surface area (Å²) >= 11 is 5.29. The standard InChI is InChI=1S/C12H10ClNO4/c1-18-12(17)8-3-2-7-5-11(16)14(6-10(13)15)9(7)4-8/h2-4H,5-6H2,1H3. The van der Waals surface area contributed by atoms with E-state index in [1.807, 2.05) is 0 Å². The molecule has 0 bridgehead atoms. The van der Waals surface area contributed by atoms with E-state index in [2.05, 4.69) is 4.74 Å². The predicted molar refractivity (Wildman–Crippen MR) is 64.7 cm³/mol. The highest BCUT2D eigenvalue weighted by Gasteiger charge is 2.29. The Morgan fingerprint density at radius 1 is 1.44 bits per heavy atom. The summed E-state index contributed by atoms with van der Waals surface area (Å²) in [5.74, 6) is -0.699. The number of carbonyl (C=O) groups is 3. The molecule has 94 valence electrons. The number of benzene rings is 1. The van der Waals surface area contributed by atoms with Gasteiger partial charge in [0.15, 0.2) is 0 Å². The maximum Gasteiger partial charge on any atom is 0.337 e. The van der Waals surface area contributed by atoms with Crippen molar-refractivity contribution in [1.82, 2.24) is 0 Å². The third-order valence-corrected chi connectivity index (χ3v) is 2.84. The first kappa shape index (κ1) is 12.6. The second kappa shape index (κ2) is 4.78. The van der Waals surface area contributed by atoms with Gasteiger partial charge in [-0.05, 0) is 29.3 Å². The van der Waals surface area contributed by atoms with Crippen molar-refractivity contribution in [2.75, 3.05) is 18.6 Å². The molecule has 0 aromatic heterocycles. The van der Waals surface area contributed by atoms with E-state index >= 15 is 0 Å². The molecule has 1 amide bonds. The summed E-state index contributed by atoms with van der Waals surface area (Å²) in [6.07, 6.45) is 0.209. The van der Waals surface area contributed by atoms with Gasteiger partial charge in [0.1, 0.15) is 0 Å². The number of methoxy groups -OCH3 is 1. The summed E-state index contributed by atoms with van der Waals surface area (Å²) in [5, 5.41) is -0.625. The minimum atomic E-state index is -0.625. The first-order valence-corrected chi connectivity index (χ1v) is 5.60. The Kier molecular flexibility index (Phi) is 3.34. The van der Waals surface area contributed by atoms with Crippen molar-refractivity contribution < 1.29 is 19.1 Å². The molecule has 1 aliphatic rings. The zero-order valence-electron chi connectivity index (χ0n) is 9.60. The van der Waals surface area contributed by atoms with Crippen LogP contribution in [0, 0.1) is 0 Å². The normalized spacial score (nSPS) is 13.4. The second-order valence-electron chi connectivity index (χ2n) is 3.85. The highest BCUT2D eigenvalue weighted by atomic mass is 35.5. The van der Waals surface area contributed by atoms with Crippen molar-refractivity contribution in [3.8, 4) is 0 Å². The fraction of sp³-hybridized carbons (Fsp3) is 0.250. The summed E-state index contributed by atoms with van der Waals surface area (Å²) in [5.41, 5.74) is 1.64. The van der Waals surface area contributed by atoms with Crippen LogP contribution in [0.2, 0.25) is 0 Å². The van der Waals surface area contributed by atoms with Gasteiger partial charge in [0.05, 0.1) is 25.6 Å². The monoisotopic (exact) mass is 267 g/mol. The summed E-state index contributed by atoms with van der Waals surface area (Å²) in [6, 6.07) is 4.80. The number of rotatable bonds is 3. The lowest BCUT2D eigenvalue weighted by atomic mass is 10.1. The fourth-order valence-corrected chi connectivity index (χ4v) is 2.02. The lowest BCUT2D eigenvalue weighted by Gasteiger charge is -2.15. The molecule has 1 aliphatic heterocycles. The van der Waals surface area contributed by atoms with Crippen molar-refractivity contribution in [2.24, 2.45) is 0 Å². The molecule has 6 heteroatoms. The number of fused-ring (bicyclic) bond motifs is 1. The van der Waals surface area contributed by atoms with E-state index < -0.39 is 11.2 Å². The number of esters is 1. The Morgan fingerprint density at radius 3 is 2.78 bits per heavy atom. The number of hydrogen-bond donors (Lipinski definition) is 0. The maximum absolute atomic E-state index is 11.7. The molecule has 18 heavy (non-hydrogen) atoms. The number of carbonyl (C=O) groups excluding carboxylic acids is 3. The number of halogens is 1. The molecule has 1 aromatic rings. The summed E-state index contributed by atoms with van der Waals surface area (Å²) in [7, 11) is 1.28. The van der Waals surface area contributed by atoms with Gasteiger partial charge in [0, 0.05) is 5.69 Å². The van der Waals surface area contributed by atoms with Crippen LogP contribution in [0.1, 0.15) is 15.9 Å². The van der Waals surface area contributed by atoms with E-state index in [9.17, 15) is 14.4 Å². The predicted octanol–water partition coefficient (Wildman–Crippen LogP) is 1.13. The van der Waals surface area contributed by atoms with Crippen LogP contribution in [-0.4, -0.2) is 30.8 Å². The van der Waals surface area contributed by atoms with Crippen LogP contribution in [0.4, 0.5) is 5.69 Å². The summed E-state index contributed by atoms with van der Waals surface area (Å²) in [4.78, 5) is 35.3. The Morgan fingerprint density at radius 2 is 2.17 bits per heavy atom. The number of amides is 1. The van der Waals surface area contributed by atoms with E-state index in [1.54, 1.807) is 12.1 Å². The van der Waals surface area contributed by atoms with Gasteiger partial charge in [-0.15, -0.1) is 0 Å². The molecule has 1 heterocycles. The zero-order chi connectivity index (χ0) is 13.3. The molecular weight excluding hydrogens is 258 g/mol. The molecule has 0 fully saturated rings. The Bertz CT molecular complexity index is 541. The molecule has 0 N–H and O–H groups in total. The number of anilines is 1. The summed E-state index contributed by atoms with van der Waals surface area (Å²) < 4.78 is 4.60. The minimum absolute atomic E-state index is 0.196. The van der Waals surface area contributed by atoms with Gasteiger partial charge < -0.3 is 9.64 Å². The third-order valence-electron chi connectivity index (χ3n) is 2.72. The molecule has 0 atom stereocenters. The molecule has 0 spiro atoms. The highest BCUT2D eigenvalue weighted by molar-refractivity contribution is 6.64. The second-order valence-corrected chi connectivity index (χ2v) is 4.27. The largest absolute Gasteiger partial charge is 0.465 e. The van der Waals surface area contributed by atoms with Crippen molar-refractivity contribution >= 4 is 34.4 Å². The van der Waals surface area contributed by atoms with Gasteiger partial charge in [-0.2, -0.15) is 0 Å². The van der Waals surface area contributed by atoms with Crippen molar-refractivity contribution in [3.05, 3.63) is 29.3 Å². The number of nitrogens with zero attached hydrogens (tertiary/aromatic N) is 1. The van der Waals surface area contributed by atoms with Gasteiger partial charge in [0.2, 0.25) is 11.1 Å². The average Bonchev–Trinajstić information content (AvgIpc) is 2.64. The number of hydrogen-bond acceptors (Lipinski definition) is 4. The molecule has 0 radical (unpaired) electrons. The van der Waals surface area contributed by atoms with Crippen LogP contribution in [0.15, 0.2) is 18.2 Å². The molecule has 0 saturated heterocycles. The third kappa shape index (κ3) is 2.22. The zero-order valence-corrected chi connectivity index (χ0v) is 10.4. The first-order valence-electron chi connectivity index (χ1n) is 5.23. The maximum atomic E-state index is 11.7. The number of ether oxygens (including phenoxy) is 1. The molecule has 2 rings (SSSR count). The smallest absolute Gasteiger partial charge is 0.337 e. The van der Waals surface area contributed by atoms with E-state index in [-0.39, 0.29) is 18.9 Å². The van der Waals surface area contributed by atoms with Crippen molar-refractivity contribution in [1.29, 1.82) is 0 Å². The van der Waals surface area contributed by atoms with Crippen LogP contribution in [0.5, 0.6) is 0 Å². The molecule has 0 unspecified atom stereocenters. The highest BCUT2D eigenvalue weighted by Crippen LogP contribution is 2.30. The van der Waals surface area contributed by atoms with Crippen LogP contribution < -0.4 is 4.90 Å². The van der Waals surface area contributed by atoms with Crippen molar-refractivity contribution in [2.45, 2.75) is 6.42 Å². The van der Waals surface area contributed by atoms with E-state index in [1.165, 1.54) is 18.1 Å². The van der Waals surface area contributed by atoms with Gasteiger partial charge in [-0.25, -0.2) is 4.79 Å². The minimum Gasteiger partial charge on any atom is -0.465 e. The van der Waals surface area contributed by atoms with Crippen LogP contribution >= 0.6 is 11.6 Å².